The number of aromatic nitrogens is 1. The van der Waals surface area contributed by atoms with Crippen molar-refractivity contribution in [2.24, 2.45) is 0 Å². The molecule has 0 radical (unpaired) electrons. The van der Waals surface area contributed by atoms with Gasteiger partial charge in [-0.15, -0.1) is 0 Å². The van der Waals surface area contributed by atoms with Crippen LogP contribution in [0.1, 0.15) is 37.6 Å². The third kappa shape index (κ3) is 3.74. The normalized spacial score (nSPS) is 14.7. The zero-order chi connectivity index (χ0) is 22.4. The molecule has 0 fully saturated rings. The Kier molecular flexibility index (Phi) is 5.17. The lowest BCUT2D eigenvalue weighted by Gasteiger charge is -2.22. The maximum absolute atomic E-state index is 13.4. The Bertz CT molecular complexity index is 1280. The quantitative estimate of drug-likeness (QED) is 0.621. The van der Waals surface area contributed by atoms with Gasteiger partial charge in [0, 0.05) is 23.6 Å². The summed E-state index contributed by atoms with van der Waals surface area (Å²) in [6, 6.07) is 14.7. The Hall–Kier alpha value is -3.06. The zero-order valence-electron chi connectivity index (χ0n) is 18.1. The van der Waals surface area contributed by atoms with E-state index in [-0.39, 0.29) is 22.4 Å². The monoisotopic (exact) mass is 438 g/mol. The third-order valence-electron chi connectivity index (χ3n) is 5.67. The molecule has 0 unspecified atom stereocenters. The predicted molar refractivity (Wildman–Crippen MR) is 121 cm³/mol. The summed E-state index contributed by atoms with van der Waals surface area (Å²) < 4.78 is 33.0. The number of esters is 1. The highest BCUT2D eigenvalue weighted by Crippen LogP contribution is 2.33. The van der Waals surface area contributed by atoms with Crippen LogP contribution in [0.2, 0.25) is 0 Å². The summed E-state index contributed by atoms with van der Waals surface area (Å²) in [5.41, 5.74) is 3.58. The van der Waals surface area contributed by atoms with Crippen molar-refractivity contribution in [1.29, 1.82) is 0 Å². The average Bonchev–Trinajstić information content (AvgIpc) is 2.99. The van der Waals surface area contributed by atoms with Crippen molar-refractivity contribution in [3.8, 4) is 0 Å². The van der Waals surface area contributed by atoms with Gasteiger partial charge in [0.2, 0.25) is 0 Å². The first-order chi connectivity index (χ1) is 14.6. The molecule has 0 saturated carbocycles. The van der Waals surface area contributed by atoms with Gasteiger partial charge in [-0.25, -0.2) is 13.2 Å². The van der Waals surface area contributed by atoms with Gasteiger partial charge in [-0.1, -0.05) is 51.1 Å². The highest BCUT2D eigenvalue weighted by atomic mass is 32.2. The van der Waals surface area contributed by atoms with Gasteiger partial charge >= 0.3 is 5.97 Å². The van der Waals surface area contributed by atoms with E-state index in [4.69, 9.17) is 4.74 Å². The van der Waals surface area contributed by atoms with Crippen molar-refractivity contribution >= 4 is 32.5 Å². The molecule has 31 heavy (non-hydrogen) atoms. The van der Waals surface area contributed by atoms with E-state index in [1.165, 1.54) is 17.6 Å². The molecule has 0 amide bonds. The molecular weight excluding hydrogens is 412 g/mol. The number of hydrogen-bond donors (Lipinski definition) is 1. The SMILES string of the molecule is COC(=O)C1=CN(S(=O)(=O)c2ccc(C(C)(C)C)cc2)CCc2c1[nH]c1ccccc21. The molecule has 1 aliphatic rings. The molecule has 7 heteroatoms. The van der Waals surface area contributed by atoms with Crippen LogP contribution < -0.4 is 0 Å². The van der Waals surface area contributed by atoms with Crippen molar-refractivity contribution < 1.29 is 17.9 Å². The number of nitrogens with one attached hydrogen (secondary N) is 1. The number of rotatable bonds is 3. The fourth-order valence-corrected chi connectivity index (χ4v) is 5.23. The number of hydrogen-bond acceptors (Lipinski definition) is 4. The summed E-state index contributed by atoms with van der Waals surface area (Å²) in [4.78, 5) is 16.0. The number of sulfonamides is 1. The van der Waals surface area contributed by atoms with Gasteiger partial charge in [-0.05, 0) is 41.2 Å². The van der Waals surface area contributed by atoms with Crippen molar-refractivity contribution in [2.45, 2.75) is 37.5 Å². The van der Waals surface area contributed by atoms with Crippen LogP contribution in [-0.4, -0.2) is 37.3 Å². The zero-order valence-corrected chi connectivity index (χ0v) is 18.9. The van der Waals surface area contributed by atoms with Crippen LogP contribution in [0.15, 0.2) is 59.6 Å². The van der Waals surface area contributed by atoms with E-state index in [1.807, 2.05) is 36.4 Å². The fourth-order valence-electron chi connectivity index (χ4n) is 3.90. The molecule has 0 saturated heterocycles. The molecule has 162 valence electrons. The Morgan fingerprint density at radius 2 is 1.74 bits per heavy atom. The largest absolute Gasteiger partial charge is 0.465 e. The lowest BCUT2D eigenvalue weighted by Crippen LogP contribution is -2.28. The number of H-pyrrole nitrogens is 1. The number of benzene rings is 2. The van der Waals surface area contributed by atoms with Crippen molar-refractivity contribution in [3.63, 3.8) is 0 Å². The summed E-state index contributed by atoms with van der Waals surface area (Å²) in [7, 11) is -2.54. The fraction of sp³-hybridized carbons (Fsp3) is 0.292. The van der Waals surface area contributed by atoms with Crippen LogP contribution in [0.4, 0.5) is 0 Å². The summed E-state index contributed by atoms with van der Waals surface area (Å²) in [6.07, 6.45) is 1.86. The molecule has 1 aliphatic heterocycles. The number of carbonyl (C=O) groups excluding carboxylic acids is 1. The second-order valence-electron chi connectivity index (χ2n) is 8.70. The second kappa shape index (κ2) is 7.57. The molecule has 0 aliphatic carbocycles. The first-order valence-electron chi connectivity index (χ1n) is 10.2. The van der Waals surface area contributed by atoms with E-state index in [0.29, 0.717) is 12.1 Å². The third-order valence-corrected chi connectivity index (χ3v) is 7.44. The number of nitrogens with zero attached hydrogens (tertiary/aromatic N) is 1. The highest BCUT2D eigenvalue weighted by Gasteiger charge is 2.30. The molecule has 1 aromatic heterocycles. The molecule has 2 aromatic carbocycles. The van der Waals surface area contributed by atoms with Gasteiger partial charge in [0.1, 0.15) is 5.57 Å². The van der Waals surface area contributed by atoms with E-state index in [0.717, 1.165) is 22.0 Å². The molecule has 4 rings (SSSR count). The molecule has 0 spiro atoms. The van der Waals surface area contributed by atoms with E-state index in [2.05, 4.69) is 25.8 Å². The Balaban J connectivity index is 1.79. The minimum atomic E-state index is -3.84. The lowest BCUT2D eigenvalue weighted by molar-refractivity contribution is -0.133. The minimum absolute atomic E-state index is 0.0767. The topological polar surface area (TPSA) is 79.5 Å². The van der Waals surface area contributed by atoms with Crippen LogP contribution in [0.3, 0.4) is 0 Å². The van der Waals surface area contributed by atoms with Gasteiger partial charge in [0.15, 0.2) is 0 Å². The number of ether oxygens (including phenoxy) is 1. The van der Waals surface area contributed by atoms with Gasteiger partial charge in [0.25, 0.3) is 10.0 Å². The van der Waals surface area contributed by atoms with E-state index in [9.17, 15) is 13.2 Å². The molecule has 2 heterocycles. The second-order valence-corrected chi connectivity index (χ2v) is 10.6. The Morgan fingerprint density at radius 1 is 1.06 bits per heavy atom. The lowest BCUT2D eigenvalue weighted by atomic mass is 9.87. The van der Waals surface area contributed by atoms with Crippen molar-refractivity contribution in [1.82, 2.24) is 9.29 Å². The Labute approximate surface area is 182 Å². The molecular formula is C24H26N2O4S. The van der Waals surface area contributed by atoms with Gasteiger partial charge in [0.05, 0.1) is 17.7 Å². The van der Waals surface area contributed by atoms with E-state index in [1.54, 1.807) is 12.1 Å². The summed E-state index contributed by atoms with van der Waals surface area (Å²) in [5.74, 6) is -0.585. The molecule has 3 aromatic rings. The van der Waals surface area contributed by atoms with Crippen LogP contribution in [-0.2, 0) is 31.4 Å². The molecule has 0 bridgehead atoms. The molecule has 0 atom stereocenters. The van der Waals surface area contributed by atoms with Gasteiger partial charge in [-0.2, -0.15) is 0 Å². The maximum Gasteiger partial charge on any atom is 0.341 e. The van der Waals surface area contributed by atoms with Gasteiger partial charge < -0.3 is 9.72 Å². The van der Waals surface area contributed by atoms with E-state index >= 15 is 0 Å². The summed E-state index contributed by atoms with van der Waals surface area (Å²) in [6.45, 7) is 6.46. The van der Waals surface area contributed by atoms with Gasteiger partial charge in [-0.3, -0.25) is 4.31 Å². The number of carbonyl (C=O) groups is 1. The number of fused-ring (bicyclic) bond motifs is 3. The summed E-state index contributed by atoms with van der Waals surface area (Å²) in [5, 5.41) is 0.973. The first kappa shape index (κ1) is 21.2. The van der Waals surface area contributed by atoms with E-state index < -0.39 is 16.0 Å². The van der Waals surface area contributed by atoms with Crippen LogP contribution in [0, 0.1) is 0 Å². The van der Waals surface area contributed by atoms with Crippen LogP contribution in [0.25, 0.3) is 16.5 Å². The minimum Gasteiger partial charge on any atom is -0.465 e. The standard InChI is InChI=1S/C24H26N2O4S/c1-24(2,3)16-9-11-17(12-10-16)31(28,29)26-14-13-19-18-7-5-6-8-21(18)25-22(19)20(15-26)23(27)30-4/h5-12,15,25H,13-14H2,1-4H3. The summed E-state index contributed by atoms with van der Waals surface area (Å²) >= 11 is 0. The number of para-hydroxylation sites is 1. The average molecular weight is 439 g/mol. The van der Waals surface area contributed by atoms with Crippen molar-refractivity contribution in [3.05, 3.63) is 71.6 Å². The number of methoxy groups -OCH3 is 1. The predicted octanol–water partition coefficient (Wildman–Crippen LogP) is 4.23. The Morgan fingerprint density at radius 3 is 2.39 bits per heavy atom. The smallest absolute Gasteiger partial charge is 0.341 e. The first-order valence-corrected chi connectivity index (χ1v) is 11.6. The highest BCUT2D eigenvalue weighted by molar-refractivity contribution is 7.89. The van der Waals surface area contributed by atoms with Crippen LogP contribution >= 0.6 is 0 Å². The molecule has 1 N–H and O–H groups in total. The van der Waals surface area contributed by atoms with Crippen molar-refractivity contribution in [2.75, 3.05) is 13.7 Å². The molecule has 6 nitrogen and oxygen atoms in total. The van der Waals surface area contributed by atoms with Crippen LogP contribution in [0.5, 0.6) is 0 Å². The number of aromatic amines is 1. The maximum atomic E-state index is 13.4.